The summed E-state index contributed by atoms with van der Waals surface area (Å²) in [4.78, 5) is 15.1. The van der Waals surface area contributed by atoms with Crippen LogP contribution in [0.4, 0.5) is 0 Å². The van der Waals surface area contributed by atoms with Crippen LogP contribution in [0, 0.1) is 6.92 Å². The van der Waals surface area contributed by atoms with Crippen LogP contribution >= 0.6 is 0 Å². The Morgan fingerprint density at radius 1 is 1.10 bits per heavy atom. The molecule has 3 aliphatic rings. The molecule has 21 heavy (non-hydrogen) atoms. The third-order valence-corrected chi connectivity index (χ3v) is 5.45. The van der Waals surface area contributed by atoms with E-state index in [1.807, 2.05) is 0 Å². The molecule has 1 unspecified atom stereocenters. The molecule has 1 amide bonds. The lowest BCUT2D eigenvalue weighted by molar-refractivity contribution is -0.133. The minimum Gasteiger partial charge on any atom is -0.318 e. The van der Waals surface area contributed by atoms with E-state index in [0.29, 0.717) is 11.9 Å². The minimum absolute atomic E-state index is 0.0868. The third kappa shape index (κ3) is 2.18. The zero-order valence-electron chi connectivity index (χ0n) is 12.8. The van der Waals surface area contributed by atoms with Gasteiger partial charge in [0.05, 0.1) is 0 Å². The molecular weight excluding hydrogens is 260 g/mol. The Hall–Kier alpha value is -1.35. The van der Waals surface area contributed by atoms with E-state index in [9.17, 15) is 4.79 Å². The fourth-order valence-corrected chi connectivity index (χ4v) is 3.97. The number of nitrogens with one attached hydrogen (secondary N) is 1. The lowest BCUT2D eigenvalue weighted by Crippen LogP contribution is -2.41. The molecule has 0 bridgehead atoms. The van der Waals surface area contributed by atoms with Gasteiger partial charge in [-0.2, -0.15) is 0 Å². The molecule has 2 saturated carbocycles. The van der Waals surface area contributed by atoms with Crippen LogP contribution in [0.2, 0.25) is 0 Å². The van der Waals surface area contributed by atoms with Crippen molar-refractivity contribution in [3.05, 3.63) is 35.4 Å². The summed E-state index contributed by atoms with van der Waals surface area (Å²) in [6.45, 7) is 2.11. The minimum atomic E-state index is -0.215. The van der Waals surface area contributed by atoms with Crippen molar-refractivity contribution in [2.45, 2.75) is 69.6 Å². The Labute approximate surface area is 126 Å². The highest BCUT2D eigenvalue weighted by Crippen LogP contribution is 2.48. The van der Waals surface area contributed by atoms with Gasteiger partial charge in [-0.1, -0.05) is 49.1 Å². The van der Waals surface area contributed by atoms with Crippen molar-refractivity contribution in [1.29, 1.82) is 0 Å². The standard InChI is InChI=1S/C18H24N2O/c1-13-7-9-14(10-8-13)16-19-18(11-12-18)17(21)20(16)15-5-3-2-4-6-15/h7-10,15-16,19H,2-6,11-12H2,1H3. The number of aryl methyl sites for hydroxylation is 1. The molecule has 1 spiro atoms. The SMILES string of the molecule is Cc1ccc(C2NC3(CC3)C(=O)N2C2CCCCC2)cc1. The fourth-order valence-electron chi connectivity index (χ4n) is 3.97. The number of carbonyl (C=O) groups excluding carboxylic acids is 1. The van der Waals surface area contributed by atoms with E-state index in [-0.39, 0.29) is 11.7 Å². The largest absolute Gasteiger partial charge is 0.318 e. The third-order valence-electron chi connectivity index (χ3n) is 5.45. The zero-order valence-corrected chi connectivity index (χ0v) is 12.8. The average molecular weight is 284 g/mol. The van der Waals surface area contributed by atoms with Crippen molar-refractivity contribution >= 4 is 5.91 Å². The Kier molecular flexibility index (Phi) is 3.07. The summed E-state index contributed by atoms with van der Waals surface area (Å²) >= 11 is 0. The van der Waals surface area contributed by atoms with Gasteiger partial charge in [-0.15, -0.1) is 0 Å². The van der Waals surface area contributed by atoms with Crippen molar-refractivity contribution in [1.82, 2.24) is 10.2 Å². The molecule has 0 aromatic heterocycles. The van der Waals surface area contributed by atoms with Gasteiger partial charge in [-0.3, -0.25) is 10.1 Å². The van der Waals surface area contributed by atoms with Gasteiger partial charge in [0.1, 0.15) is 11.7 Å². The molecule has 4 rings (SSSR count). The number of rotatable bonds is 2. The molecule has 1 heterocycles. The molecule has 3 heteroatoms. The maximum absolute atomic E-state index is 12.9. The topological polar surface area (TPSA) is 32.3 Å². The van der Waals surface area contributed by atoms with Gasteiger partial charge in [-0.05, 0) is 38.2 Å². The fraction of sp³-hybridized carbons (Fsp3) is 0.611. The van der Waals surface area contributed by atoms with Crippen molar-refractivity contribution in [3.63, 3.8) is 0 Å². The number of nitrogens with zero attached hydrogens (tertiary/aromatic N) is 1. The van der Waals surface area contributed by atoms with Crippen LogP contribution in [0.15, 0.2) is 24.3 Å². The van der Waals surface area contributed by atoms with Crippen LogP contribution in [0.1, 0.15) is 62.2 Å². The van der Waals surface area contributed by atoms with Gasteiger partial charge in [0.25, 0.3) is 0 Å². The van der Waals surface area contributed by atoms with Crippen LogP contribution in [-0.2, 0) is 4.79 Å². The smallest absolute Gasteiger partial charge is 0.244 e. The molecular formula is C18H24N2O. The molecule has 112 valence electrons. The lowest BCUT2D eigenvalue weighted by Gasteiger charge is -2.35. The highest BCUT2D eigenvalue weighted by Gasteiger charge is 2.60. The summed E-state index contributed by atoms with van der Waals surface area (Å²) in [5, 5.41) is 3.65. The number of carbonyl (C=O) groups is 1. The molecule has 0 radical (unpaired) electrons. The molecule has 3 fully saturated rings. The van der Waals surface area contributed by atoms with Crippen molar-refractivity contribution < 1.29 is 4.79 Å². The van der Waals surface area contributed by atoms with E-state index in [1.54, 1.807) is 0 Å². The first-order chi connectivity index (χ1) is 10.2. The molecule has 1 aromatic carbocycles. The first-order valence-electron chi connectivity index (χ1n) is 8.37. The van der Waals surface area contributed by atoms with Crippen LogP contribution in [0.3, 0.4) is 0 Å². The Morgan fingerprint density at radius 2 is 1.76 bits per heavy atom. The van der Waals surface area contributed by atoms with Gasteiger partial charge < -0.3 is 4.90 Å². The highest BCUT2D eigenvalue weighted by atomic mass is 16.2. The van der Waals surface area contributed by atoms with Crippen molar-refractivity contribution in [3.8, 4) is 0 Å². The van der Waals surface area contributed by atoms with Gasteiger partial charge in [0.2, 0.25) is 5.91 Å². The van der Waals surface area contributed by atoms with Crippen LogP contribution in [0.25, 0.3) is 0 Å². The maximum Gasteiger partial charge on any atom is 0.244 e. The molecule has 1 atom stereocenters. The molecule has 1 saturated heterocycles. The second-order valence-corrected chi connectivity index (χ2v) is 7.04. The number of hydrogen-bond acceptors (Lipinski definition) is 2. The van der Waals surface area contributed by atoms with Crippen LogP contribution < -0.4 is 5.32 Å². The van der Waals surface area contributed by atoms with E-state index in [0.717, 1.165) is 12.8 Å². The van der Waals surface area contributed by atoms with Crippen molar-refractivity contribution in [2.75, 3.05) is 0 Å². The van der Waals surface area contributed by atoms with E-state index < -0.39 is 0 Å². The second-order valence-electron chi connectivity index (χ2n) is 7.04. The normalized spacial score (nSPS) is 28.3. The maximum atomic E-state index is 12.9. The quantitative estimate of drug-likeness (QED) is 0.904. The van der Waals surface area contributed by atoms with Crippen LogP contribution in [-0.4, -0.2) is 22.4 Å². The van der Waals surface area contributed by atoms with Gasteiger partial charge in [0, 0.05) is 6.04 Å². The first-order valence-corrected chi connectivity index (χ1v) is 8.37. The van der Waals surface area contributed by atoms with E-state index in [4.69, 9.17) is 0 Å². The molecule has 1 aliphatic heterocycles. The number of benzene rings is 1. The van der Waals surface area contributed by atoms with Gasteiger partial charge in [0.15, 0.2) is 0 Å². The summed E-state index contributed by atoms with van der Waals surface area (Å²) in [7, 11) is 0. The van der Waals surface area contributed by atoms with Gasteiger partial charge >= 0.3 is 0 Å². The molecule has 3 nitrogen and oxygen atoms in total. The summed E-state index contributed by atoms with van der Waals surface area (Å²) in [6, 6.07) is 9.09. The van der Waals surface area contributed by atoms with Crippen LogP contribution in [0.5, 0.6) is 0 Å². The van der Waals surface area contributed by atoms with Crippen molar-refractivity contribution in [2.24, 2.45) is 0 Å². The highest BCUT2D eigenvalue weighted by molar-refractivity contribution is 5.92. The van der Waals surface area contributed by atoms with Gasteiger partial charge in [-0.25, -0.2) is 0 Å². The van der Waals surface area contributed by atoms with E-state index >= 15 is 0 Å². The van der Waals surface area contributed by atoms with E-state index in [1.165, 1.54) is 43.2 Å². The summed E-state index contributed by atoms with van der Waals surface area (Å²) in [5.74, 6) is 0.361. The zero-order chi connectivity index (χ0) is 14.4. The number of hydrogen-bond donors (Lipinski definition) is 1. The summed E-state index contributed by atoms with van der Waals surface area (Å²) in [5.41, 5.74) is 2.30. The Morgan fingerprint density at radius 3 is 2.38 bits per heavy atom. The second kappa shape index (κ2) is 4.84. The number of amides is 1. The monoisotopic (exact) mass is 284 g/mol. The lowest BCUT2D eigenvalue weighted by atomic mass is 9.93. The molecule has 1 aromatic rings. The summed E-state index contributed by atoms with van der Waals surface area (Å²) in [6.07, 6.45) is 8.31. The Bertz CT molecular complexity index is 541. The molecule has 2 aliphatic carbocycles. The first kappa shape index (κ1) is 13.3. The van der Waals surface area contributed by atoms with E-state index in [2.05, 4.69) is 41.4 Å². The predicted octanol–water partition coefficient (Wildman–Crippen LogP) is 3.29. The summed E-state index contributed by atoms with van der Waals surface area (Å²) < 4.78 is 0. The Balaban J connectivity index is 1.66. The average Bonchev–Trinajstić information content (AvgIpc) is 3.23. The molecule has 1 N–H and O–H groups in total. The predicted molar refractivity (Wildman–Crippen MR) is 82.7 cm³/mol.